The Morgan fingerprint density at radius 1 is 1.18 bits per heavy atom. The van der Waals surface area contributed by atoms with E-state index in [1.165, 1.54) is 0 Å². The topological polar surface area (TPSA) is 69.6 Å². The van der Waals surface area contributed by atoms with Gasteiger partial charge in [0.05, 0.1) is 16.2 Å². The summed E-state index contributed by atoms with van der Waals surface area (Å²) in [7, 11) is -3.25. The minimum Gasteiger partial charge on any atom is -0.388 e. The molecule has 1 atom stereocenters. The van der Waals surface area contributed by atoms with Crippen LogP contribution in [0.2, 0.25) is 0 Å². The number of sulfone groups is 1. The summed E-state index contributed by atoms with van der Waals surface area (Å²) in [6.07, 6.45) is 0.113. The van der Waals surface area contributed by atoms with Crippen molar-refractivity contribution in [1.29, 1.82) is 0 Å². The smallest absolute Gasteiger partial charge is 0.180 e. The molecule has 1 fully saturated rings. The highest BCUT2D eigenvalue weighted by Crippen LogP contribution is 2.21. The van der Waals surface area contributed by atoms with Gasteiger partial charge in [0, 0.05) is 32.7 Å². The number of hydrogen-bond acceptors (Lipinski definition) is 5. The number of rotatable bonds is 6. The van der Waals surface area contributed by atoms with Crippen LogP contribution in [-0.2, 0) is 9.84 Å². The first-order chi connectivity index (χ1) is 10.4. The molecule has 0 amide bonds. The Kier molecular flexibility index (Phi) is 5.97. The van der Waals surface area contributed by atoms with Crippen molar-refractivity contribution < 1.29 is 13.5 Å². The van der Waals surface area contributed by atoms with E-state index in [-0.39, 0.29) is 0 Å². The van der Waals surface area contributed by atoms with Crippen molar-refractivity contribution in [2.75, 3.05) is 32.7 Å². The predicted molar refractivity (Wildman–Crippen MR) is 87.7 cm³/mol. The maximum atomic E-state index is 12.1. The average molecular weight is 326 g/mol. The van der Waals surface area contributed by atoms with Crippen LogP contribution in [0.25, 0.3) is 0 Å². The van der Waals surface area contributed by atoms with Crippen LogP contribution in [0, 0.1) is 0 Å². The highest BCUT2D eigenvalue weighted by atomic mass is 32.2. The minimum absolute atomic E-state index is 0.320. The molecule has 0 aromatic heterocycles. The molecule has 0 radical (unpaired) electrons. The number of aliphatic hydroxyl groups is 1. The van der Waals surface area contributed by atoms with Crippen molar-refractivity contribution >= 4 is 9.84 Å². The van der Waals surface area contributed by atoms with E-state index in [0.717, 1.165) is 38.3 Å². The van der Waals surface area contributed by atoms with Crippen LogP contribution in [0.1, 0.15) is 31.9 Å². The number of benzene rings is 1. The molecule has 5 nitrogen and oxygen atoms in total. The van der Waals surface area contributed by atoms with E-state index in [1.807, 2.05) is 0 Å². The van der Waals surface area contributed by atoms with Crippen molar-refractivity contribution in [2.24, 2.45) is 0 Å². The maximum Gasteiger partial charge on any atom is 0.180 e. The summed E-state index contributed by atoms with van der Waals surface area (Å²) >= 11 is 0. The van der Waals surface area contributed by atoms with E-state index in [0.29, 0.717) is 11.3 Å². The van der Waals surface area contributed by atoms with Crippen LogP contribution in [0.4, 0.5) is 0 Å². The van der Waals surface area contributed by atoms with Crippen molar-refractivity contribution in [3.63, 3.8) is 0 Å². The number of aliphatic hydroxyl groups excluding tert-OH is 1. The van der Waals surface area contributed by atoms with Crippen LogP contribution < -0.4 is 5.32 Å². The third-order valence-electron chi connectivity index (χ3n) is 4.14. The van der Waals surface area contributed by atoms with Crippen LogP contribution >= 0.6 is 0 Å². The summed E-state index contributed by atoms with van der Waals surface area (Å²) in [4.78, 5) is 2.65. The van der Waals surface area contributed by atoms with Gasteiger partial charge in [-0.1, -0.05) is 12.1 Å². The highest BCUT2D eigenvalue weighted by Gasteiger charge is 2.19. The van der Waals surface area contributed by atoms with Gasteiger partial charge in [0.2, 0.25) is 0 Å². The largest absolute Gasteiger partial charge is 0.388 e. The Balaban J connectivity index is 1.94. The molecule has 0 bridgehead atoms. The van der Waals surface area contributed by atoms with Crippen molar-refractivity contribution in [2.45, 2.75) is 36.5 Å². The van der Waals surface area contributed by atoms with E-state index in [2.05, 4.69) is 10.2 Å². The van der Waals surface area contributed by atoms with E-state index < -0.39 is 21.2 Å². The molecule has 22 heavy (non-hydrogen) atoms. The Morgan fingerprint density at radius 2 is 1.77 bits per heavy atom. The normalized spacial score (nSPS) is 18.5. The first-order valence-electron chi connectivity index (χ1n) is 7.86. The molecular weight excluding hydrogens is 300 g/mol. The van der Waals surface area contributed by atoms with E-state index in [9.17, 15) is 13.5 Å². The molecule has 2 N–H and O–H groups in total. The molecule has 1 aliphatic heterocycles. The molecule has 0 saturated carbocycles. The number of piperazine rings is 1. The summed E-state index contributed by atoms with van der Waals surface area (Å²) in [5.41, 5.74) is 0.776. The SMILES string of the molecule is CC(C)S(=O)(=O)c1ccc(C(O)CCN2CCNCC2)cc1. The van der Waals surface area contributed by atoms with Crippen molar-refractivity contribution in [3.05, 3.63) is 29.8 Å². The van der Waals surface area contributed by atoms with Gasteiger partial charge in [-0.05, 0) is 38.0 Å². The molecule has 0 spiro atoms. The number of hydrogen-bond donors (Lipinski definition) is 2. The molecule has 2 rings (SSSR count). The average Bonchev–Trinajstić information content (AvgIpc) is 2.53. The summed E-state index contributed by atoms with van der Waals surface area (Å²) < 4.78 is 24.1. The van der Waals surface area contributed by atoms with Crippen LogP contribution in [0.15, 0.2) is 29.2 Å². The predicted octanol–water partition coefficient (Wildman–Crippen LogP) is 1.20. The quantitative estimate of drug-likeness (QED) is 0.822. The molecule has 1 aromatic rings. The molecule has 1 unspecified atom stereocenters. The zero-order valence-corrected chi connectivity index (χ0v) is 14.1. The molecule has 1 aliphatic rings. The third kappa shape index (κ3) is 4.29. The Hall–Kier alpha value is -0.950. The zero-order chi connectivity index (χ0) is 16.2. The van der Waals surface area contributed by atoms with E-state index in [4.69, 9.17) is 0 Å². The van der Waals surface area contributed by atoms with Gasteiger partial charge in [-0.2, -0.15) is 0 Å². The van der Waals surface area contributed by atoms with Gasteiger partial charge in [0.25, 0.3) is 0 Å². The number of nitrogens with zero attached hydrogens (tertiary/aromatic N) is 1. The van der Waals surface area contributed by atoms with Crippen LogP contribution in [0.3, 0.4) is 0 Å². The van der Waals surface area contributed by atoms with Gasteiger partial charge in [-0.25, -0.2) is 8.42 Å². The first kappa shape index (κ1) is 17.4. The fraction of sp³-hybridized carbons (Fsp3) is 0.625. The standard InChI is InChI=1S/C16H26N2O3S/c1-13(2)22(20,21)15-5-3-14(4-6-15)16(19)7-10-18-11-8-17-9-12-18/h3-6,13,16-17,19H,7-12H2,1-2H3. The van der Waals surface area contributed by atoms with Crippen molar-refractivity contribution in [3.8, 4) is 0 Å². The molecule has 1 heterocycles. The molecule has 124 valence electrons. The molecule has 6 heteroatoms. The zero-order valence-electron chi connectivity index (χ0n) is 13.3. The highest BCUT2D eigenvalue weighted by molar-refractivity contribution is 7.92. The molecular formula is C16H26N2O3S. The maximum absolute atomic E-state index is 12.1. The van der Waals surface area contributed by atoms with Gasteiger partial charge in [0.15, 0.2) is 9.84 Å². The van der Waals surface area contributed by atoms with Gasteiger partial charge in [-0.15, -0.1) is 0 Å². The van der Waals surface area contributed by atoms with Crippen LogP contribution in [-0.4, -0.2) is 56.4 Å². The lowest BCUT2D eigenvalue weighted by Gasteiger charge is -2.28. The van der Waals surface area contributed by atoms with Gasteiger partial charge in [0.1, 0.15) is 0 Å². The fourth-order valence-corrected chi connectivity index (χ4v) is 3.62. The summed E-state index contributed by atoms with van der Waals surface area (Å²) in [5.74, 6) is 0. The lowest BCUT2D eigenvalue weighted by Crippen LogP contribution is -2.44. The van der Waals surface area contributed by atoms with E-state index in [1.54, 1.807) is 38.1 Å². The first-order valence-corrected chi connectivity index (χ1v) is 9.41. The summed E-state index contributed by atoms with van der Waals surface area (Å²) in [6, 6.07) is 6.63. The second kappa shape index (κ2) is 7.55. The molecule has 1 aromatic carbocycles. The lowest BCUT2D eigenvalue weighted by atomic mass is 10.1. The monoisotopic (exact) mass is 326 g/mol. The fourth-order valence-electron chi connectivity index (χ4n) is 2.56. The second-order valence-electron chi connectivity index (χ2n) is 6.06. The summed E-state index contributed by atoms with van der Waals surface area (Å²) in [6.45, 7) is 8.22. The number of nitrogens with one attached hydrogen (secondary N) is 1. The third-order valence-corrected chi connectivity index (χ3v) is 6.31. The molecule has 1 saturated heterocycles. The summed E-state index contributed by atoms with van der Waals surface area (Å²) in [5, 5.41) is 13.1. The van der Waals surface area contributed by atoms with Gasteiger partial charge in [-0.3, -0.25) is 0 Å². The Labute approximate surface area is 133 Å². The lowest BCUT2D eigenvalue weighted by molar-refractivity contribution is 0.136. The van der Waals surface area contributed by atoms with Gasteiger partial charge >= 0.3 is 0 Å². The van der Waals surface area contributed by atoms with Crippen LogP contribution in [0.5, 0.6) is 0 Å². The Morgan fingerprint density at radius 3 is 2.32 bits per heavy atom. The molecule has 0 aliphatic carbocycles. The van der Waals surface area contributed by atoms with E-state index >= 15 is 0 Å². The minimum atomic E-state index is -3.25. The Bertz CT molecular complexity index is 564. The van der Waals surface area contributed by atoms with Gasteiger partial charge < -0.3 is 15.3 Å². The van der Waals surface area contributed by atoms with Crippen molar-refractivity contribution in [1.82, 2.24) is 10.2 Å². The second-order valence-corrected chi connectivity index (χ2v) is 8.56.